The number of carbonyl (C=O) groups excluding carboxylic acids is 2. The third-order valence-corrected chi connectivity index (χ3v) is 6.50. The van der Waals surface area contributed by atoms with E-state index in [1.807, 2.05) is 4.90 Å². The first-order valence-corrected chi connectivity index (χ1v) is 13.1. The van der Waals surface area contributed by atoms with E-state index in [4.69, 9.17) is 0 Å². The molecule has 0 fully saturated rings. The summed E-state index contributed by atoms with van der Waals surface area (Å²) >= 11 is 0. The molecular weight excluding hydrogens is 532 g/mol. The third kappa shape index (κ3) is 6.45. The first-order chi connectivity index (χ1) is 20.2. The van der Waals surface area contributed by atoms with Gasteiger partial charge in [0.2, 0.25) is 0 Å². The van der Waals surface area contributed by atoms with Crippen LogP contribution in [0.5, 0.6) is 0 Å². The standard InChI is InChI=1S/C34H32N2O6/c1-5-19-35(20-6-2)27-15-11-9-13-23(27)31(37)25-17-18-26(33(39)40)30(34(41)42)29(25)32(38)24-14-10-12-16-28(24)36(21-7-3)22-8-4/h5-18H,1-4,19-22H2,(H,39,40)(H,41,42). The van der Waals surface area contributed by atoms with Crippen LogP contribution in [0.4, 0.5) is 11.4 Å². The molecule has 0 aliphatic heterocycles. The van der Waals surface area contributed by atoms with Gasteiger partial charge in [-0.3, -0.25) is 9.59 Å². The van der Waals surface area contributed by atoms with Crippen molar-refractivity contribution in [3.05, 3.63) is 145 Å². The van der Waals surface area contributed by atoms with Crippen molar-refractivity contribution >= 4 is 34.9 Å². The molecule has 3 aromatic rings. The highest BCUT2D eigenvalue weighted by Gasteiger charge is 2.32. The molecule has 2 N–H and O–H groups in total. The molecule has 0 bridgehead atoms. The van der Waals surface area contributed by atoms with E-state index in [9.17, 15) is 29.4 Å². The summed E-state index contributed by atoms with van der Waals surface area (Å²) < 4.78 is 0. The van der Waals surface area contributed by atoms with Gasteiger partial charge < -0.3 is 20.0 Å². The summed E-state index contributed by atoms with van der Waals surface area (Å²) in [7, 11) is 0. The highest BCUT2D eigenvalue weighted by atomic mass is 16.4. The van der Waals surface area contributed by atoms with E-state index in [0.29, 0.717) is 37.6 Å². The molecule has 0 aromatic heterocycles. The number of nitrogens with zero attached hydrogens (tertiary/aromatic N) is 2. The molecule has 0 radical (unpaired) electrons. The number of ketones is 2. The number of rotatable bonds is 16. The number of hydrogen-bond donors (Lipinski definition) is 2. The van der Waals surface area contributed by atoms with E-state index in [1.54, 1.807) is 71.7 Å². The Morgan fingerprint density at radius 3 is 1.33 bits per heavy atom. The molecule has 0 heterocycles. The number of benzene rings is 3. The van der Waals surface area contributed by atoms with Gasteiger partial charge in [-0.05, 0) is 36.4 Å². The quantitative estimate of drug-likeness (QED) is 0.163. The Labute approximate surface area is 244 Å². The highest BCUT2D eigenvalue weighted by Crippen LogP contribution is 2.32. The fraction of sp³-hybridized carbons (Fsp3) is 0.118. The smallest absolute Gasteiger partial charge is 0.337 e. The second-order valence-electron chi connectivity index (χ2n) is 9.18. The second kappa shape index (κ2) is 14.2. The summed E-state index contributed by atoms with van der Waals surface area (Å²) in [5.74, 6) is -4.64. The molecule has 0 atom stereocenters. The summed E-state index contributed by atoms with van der Waals surface area (Å²) in [5.41, 5.74) is -0.867. The lowest BCUT2D eigenvalue weighted by Gasteiger charge is -2.25. The molecule has 8 heteroatoms. The maximum atomic E-state index is 14.3. The average Bonchev–Trinajstić information content (AvgIpc) is 2.99. The maximum Gasteiger partial charge on any atom is 0.337 e. The Hall–Kier alpha value is -5.50. The molecule has 0 unspecified atom stereocenters. The summed E-state index contributed by atoms with van der Waals surface area (Å²) in [6, 6.07) is 15.4. The largest absolute Gasteiger partial charge is 0.478 e. The molecule has 214 valence electrons. The normalized spacial score (nSPS) is 10.3. The number of carboxylic acid groups (broad SMARTS) is 2. The van der Waals surface area contributed by atoms with Crippen LogP contribution < -0.4 is 9.80 Å². The molecule has 0 aliphatic carbocycles. The molecule has 0 amide bonds. The van der Waals surface area contributed by atoms with Crippen molar-refractivity contribution in [2.24, 2.45) is 0 Å². The molecular formula is C34H32N2O6. The molecule has 0 saturated heterocycles. The van der Waals surface area contributed by atoms with Crippen molar-refractivity contribution in [2.75, 3.05) is 36.0 Å². The lowest BCUT2D eigenvalue weighted by atomic mass is 9.86. The van der Waals surface area contributed by atoms with E-state index in [2.05, 4.69) is 26.3 Å². The SMILES string of the molecule is C=CCN(CC=C)c1ccccc1C(=O)c1ccc(C(=O)O)c(C(=O)O)c1C(=O)c1ccccc1N(CC=C)CC=C. The fourth-order valence-electron chi connectivity index (χ4n) is 4.76. The Morgan fingerprint density at radius 2 is 0.929 bits per heavy atom. The van der Waals surface area contributed by atoms with Crippen LogP contribution >= 0.6 is 0 Å². The third-order valence-electron chi connectivity index (χ3n) is 6.50. The molecule has 0 aliphatic rings. The molecule has 8 nitrogen and oxygen atoms in total. The van der Waals surface area contributed by atoms with Crippen molar-refractivity contribution < 1.29 is 29.4 Å². The zero-order valence-corrected chi connectivity index (χ0v) is 23.2. The maximum absolute atomic E-state index is 14.3. The lowest BCUT2D eigenvalue weighted by Crippen LogP contribution is -2.27. The van der Waals surface area contributed by atoms with Crippen LogP contribution in [-0.4, -0.2) is 59.9 Å². The summed E-state index contributed by atoms with van der Waals surface area (Å²) in [5, 5.41) is 20.0. The van der Waals surface area contributed by atoms with E-state index in [1.165, 1.54) is 12.1 Å². The van der Waals surface area contributed by atoms with Crippen LogP contribution in [0.1, 0.15) is 52.6 Å². The van der Waals surface area contributed by atoms with Crippen molar-refractivity contribution in [2.45, 2.75) is 0 Å². The number of para-hydroxylation sites is 2. The fourth-order valence-corrected chi connectivity index (χ4v) is 4.76. The molecule has 0 spiro atoms. The highest BCUT2D eigenvalue weighted by molar-refractivity contribution is 6.26. The summed E-state index contributed by atoms with van der Waals surface area (Å²) in [4.78, 5) is 56.9. The van der Waals surface area contributed by atoms with Gasteiger partial charge >= 0.3 is 11.9 Å². The minimum absolute atomic E-state index is 0.0912. The van der Waals surface area contributed by atoms with Crippen LogP contribution in [0.3, 0.4) is 0 Å². The minimum Gasteiger partial charge on any atom is -0.478 e. The predicted octanol–water partition coefficient (Wildman–Crippen LogP) is 5.90. The van der Waals surface area contributed by atoms with E-state index in [-0.39, 0.29) is 16.7 Å². The van der Waals surface area contributed by atoms with Crippen LogP contribution in [0, 0.1) is 0 Å². The number of hydrogen-bond acceptors (Lipinski definition) is 6. The van der Waals surface area contributed by atoms with Gasteiger partial charge in [0.1, 0.15) is 0 Å². The second-order valence-corrected chi connectivity index (χ2v) is 9.18. The Morgan fingerprint density at radius 1 is 0.524 bits per heavy atom. The molecule has 42 heavy (non-hydrogen) atoms. The zero-order chi connectivity index (χ0) is 30.8. The van der Waals surface area contributed by atoms with Gasteiger partial charge in [-0.25, -0.2) is 9.59 Å². The van der Waals surface area contributed by atoms with E-state index < -0.39 is 40.2 Å². The molecule has 0 saturated carbocycles. The number of carbonyl (C=O) groups is 4. The first-order valence-electron chi connectivity index (χ1n) is 13.1. The van der Waals surface area contributed by atoms with Crippen molar-refractivity contribution in [3.8, 4) is 0 Å². The first kappa shape index (κ1) is 31.0. The Balaban J connectivity index is 2.37. The number of anilines is 2. The molecule has 3 rings (SSSR count). The van der Waals surface area contributed by atoms with E-state index >= 15 is 0 Å². The van der Waals surface area contributed by atoms with Gasteiger partial charge in [0.05, 0.1) is 11.1 Å². The lowest BCUT2D eigenvalue weighted by molar-refractivity contribution is 0.0649. The molecule has 3 aromatic carbocycles. The number of carboxylic acids is 2. The van der Waals surface area contributed by atoms with Crippen molar-refractivity contribution in [1.82, 2.24) is 0 Å². The van der Waals surface area contributed by atoms with Gasteiger partial charge in [-0.15, -0.1) is 26.3 Å². The van der Waals surface area contributed by atoms with Gasteiger partial charge in [0.25, 0.3) is 0 Å². The van der Waals surface area contributed by atoms with Crippen LogP contribution in [0.2, 0.25) is 0 Å². The topological polar surface area (TPSA) is 115 Å². The summed E-state index contributed by atoms with van der Waals surface area (Å²) in [6.45, 7) is 16.5. The van der Waals surface area contributed by atoms with Crippen molar-refractivity contribution in [1.29, 1.82) is 0 Å². The van der Waals surface area contributed by atoms with Gasteiger partial charge in [-0.1, -0.05) is 48.6 Å². The minimum atomic E-state index is -1.65. The van der Waals surface area contributed by atoms with Crippen LogP contribution in [0.25, 0.3) is 0 Å². The van der Waals surface area contributed by atoms with Crippen molar-refractivity contribution in [3.63, 3.8) is 0 Å². The van der Waals surface area contributed by atoms with E-state index in [0.717, 1.165) is 6.07 Å². The predicted molar refractivity (Wildman–Crippen MR) is 165 cm³/mol. The van der Waals surface area contributed by atoms with Gasteiger partial charge in [0.15, 0.2) is 11.6 Å². The Kier molecular flexibility index (Phi) is 10.5. The monoisotopic (exact) mass is 564 g/mol. The summed E-state index contributed by atoms with van der Waals surface area (Å²) in [6.07, 6.45) is 6.61. The van der Waals surface area contributed by atoms with Crippen LogP contribution in [0.15, 0.2) is 111 Å². The number of aromatic carboxylic acids is 2. The van der Waals surface area contributed by atoms with Crippen LogP contribution in [-0.2, 0) is 0 Å². The van der Waals surface area contributed by atoms with Gasteiger partial charge in [0, 0.05) is 59.8 Å². The van der Waals surface area contributed by atoms with Gasteiger partial charge in [-0.2, -0.15) is 0 Å². The average molecular weight is 565 g/mol. The Bertz CT molecular complexity index is 1550. The zero-order valence-electron chi connectivity index (χ0n) is 23.2.